The first kappa shape index (κ1) is 17.5. The number of anilines is 1. The fourth-order valence-corrected chi connectivity index (χ4v) is 3.84. The van der Waals surface area contributed by atoms with Gasteiger partial charge < -0.3 is 4.74 Å². The van der Waals surface area contributed by atoms with Gasteiger partial charge in [0.2, 0.25) is 5.91 Å². The van der Waals surface area contributed by atoms with Crippen LogP contribution in [-0.4, -0.2) is 39.0 Å². The SMILES string of the molecule is CCOc1cccc2c1N(C(=O)CSc1ncn[nH]1)C(C)(C)C=C2C. The molecule has 1 amide bonds. The average Bonchev–Trinajstić information content (AvgIpc) is 3.06. The molecule has 0 unspecified atom stereocenters. The molecule has 1 aromatic carbocycles. The predicted octanol–water partition coefficient (Wildman–Crippen LogP) is 3.52. The second-order valence-electron chi connectivity index (χ2n) is 6.37. The van der Waals surface area contributed by atoms with Crippen LogP contribution < -0.4 is 9.64 Å². The number of rotatable bonds is 5. The molecule has 1 aliphatic heterocycles. The van der Waals surface area contributed by atoms with Gasteiger partial charge in [0.1, 0.15) is 12.1 Å². The third kappa shape index (κ3) is 3.42. The van der Waals surface area contributed by atoms with Crippen molar-refractivity contribution in [2.45, 2.75) is 38.4 Å². The lowest BCUT2D eigenvalue weighted by molar-refractivity contribution is -0.116. The molecule has 132 valence electrons. The molecule has 0 saturated carbocycles. The lowest BCUT2D eigenvalue weighted by Crippen LogP contribution is -2.50. The number of aromatic amines is 1. The Balaban J connectivity index is 1.98. The van der Waals surface area contributed by atoms with Gasteiger partial charge in [0, 0.05) is 5.56 Å². The molecule has 0 bridgehead atoms. The van der Waals surface area contributed by atoms with Crippen LogP contribution in [0.4, 0.5) is 5.69 Å². The summed E-state index contributed by atoms with van der Waals surface area (Å²) in [6.07, 6.45) is 3.56. The lowest BCUT2D eigenvalue weighted by atomic mass is 9.88. The predicted molar refractivity (Wildman–Crippen MR) is 99.9 cm³/mol. The van der Waals surface area contributed by atoms with Gasteiger partial charge in [-0.25, -0.2) is 4.98 Å². The minimum atomic E-state index is -0.441. The van der Waals surface area contributed by atoms with E-state index in [1.165, 1.54) is 18.1 Å². The van der Waals surface area contributed by atoms with Crippen LogP contribution in [0.1, 0.15) is 33.3 Å². The van der Waals surface area contributed by atoms with Gasteiger partial charge >= 0.3 is 0 Å². The first-order chi connectivity index (χ1) is 11.9. The minimum Gasteiger partial charge on any atom is -0.492 e. The molecule has 0 atom stereocenters. The summed E-state index contributed by atoms with van der Waals surface area (Å²) in [5.74, 6) is 1.01. The van der Waals surface area contributed by atoms with Gasteiger partial charge in [0.15, 0.2) is 5.16 Å². The molecule has 1 N–H and O–H groups in total. The van der Waals surface area contributed by atoms with Crippen LogP contribution in [0.3, 0.4) is 0 Å². The second kappa shape index (κ2) is 6.92. The number of benzene rings is 1. The summed E-state index contributed by atoms with van der Waals surface area (Å²) < 4.78 is 5.82. The summed E-state index contributed by atoms with van der Waals surface area (Å²) >= 11 is 1.34. The van der Waals surface area contributed by atoms with E-state index in [0.29, 0.717) is 11.8 Å². The molecule has 6 nitrogen and oxygen atoms in total. The Labute approximate surface area is 151 Å². The molecule has 25 heavy (non-hydrogen) atoms. The highest BCUT2D eigenvalue weighted by atomic mass is 32.2. The Morgan fingerprint density at radius 1 is 1.40 bits per heavy atom. The zero-order valence-electron chi connectivity index (χ0n) is 14.9. The third-order valence-electron chi connectivity index (χ3n) is 4.07. The van der Waals surface area contributed by atoms with Crippen molar-refractivity contribution in [1.82, 2.24) is 15.2 Å². The number of nitrogens with zero attached hydrogens (tertiary/aromatic N) is 3. The van der Waals surface area contributed by atoms with Gasteiger partial charge in [-0.3, -0.25) is 14.8 Å². The molecular weight excluding hydrogens is 336 g/mol. The topological polar surface area (TPSA) is 71.1 Å². The van der Waals surface area contributed by atoms with Crippen molar-refractivity contribution in [2.75, 3.05) is 17.3 Å². The number of para-hydroxylation sites is 1. The molecule has 0 saturated heterocycles. The normalized spacial score (nSPS) is 15.5. The Bertz CT molecular complexity index is 799. The van der Waals surface area contributed by atoms with Crippen molar-refractivity contribution < 1.29 is 9.53 Å². The molecule has 0 radical (unpaired) electrons. The van der Waals surface area contributed by atoms with Gasteiger partial charge in [-0.1, -0.05) is 30.0 Å². The van der Waals surface area contributed by atoms with Crippen molar-refractivity contribution in [3.63, 3.8) is 0 Å². The van der Waals surface area contributed by atoms with Crippen molar-refractivity contribution in [3.8, 4) is 5.75 Å². The van der Waals surface area contributed by atoms with Gasteiger partial charge in [0.25, 0.3) is 0 Å². The monoisotopic (exact) mass is 358 g/mol. The Morgan fingerprint density at radius 2 is 2.20 bits per heavy atom. The number of carbonyl (C=O) groups is 1. The molecule has 7 heteroatoms. The van der Waals surface area contributed by atoms with Crippen LogP contribution >= 0.6 is 11.8 Å². The summed E-state index contributed by atoms with van der Waals surface area (Å²) in [4.78, 5) is 19.0. The first-order valence-electron chi connectivity index (χ1n) is 8.21. The maximum absolute atomic E-state index is 13.1. The first-order valence-corrected chi connectivity index (χ1v) is 9.19. The van der Waals surface area contributed by atoms with Crippen LogP contribution in [0.5, 0.6) is 5.75 Å². The lowest BCUT2D eigenvalue weighted by Gasteiger charge is -2.42. The fraction of sp³-hybridized carbons (Fsp3) is 0.389. The smallest absolute Gasteiger partial charge is 0.238 e. The number of amides is 1. The highest BCUT2D eigenvalue weighted by Crippen LogP contribution is 2.44. The number of thioether (sulfide) groups is 1. The average molecular weight is 358 g/mol. The van der Waals surface area contributed by atoms with E-state index in [1.54, 1.807) is 0 Å². The van der Waals surface area contributed by atoms with Crippen molar-refractivity contribution in [1.29, 1.82) is 0 Å². The van der Waals surface area contributed by atoms with Crippen LogP contribution in [0.2, 0.25) is 0 Å². The Kier molecular flexibility index (Phi) is 4.85. The molecule has 2 heterocycles. The van der Waals surface area contributed by atoms with E-state index in [1.807, 2.05) is 43.9 Å². The maximum Gasteiger partial charge on any atom is 0.238 e. The quantitative estimate of drug-likeness (QED) is 0.828. The number of allylic oxidation sites excluding steroid dienone is 1. The zero-order chi connectivity index (χ0) is 18.0. The van der Waals surface area contributed by atoms with E-state index >= 15 is 0 Å². The van der Waals surface area contributed by atoms with E-state index in [4.69, 9.17) is 4.74 Å². The van der Waals surface area contributed by atoms with Crippen LogP contribution in [0, 0.1) is 0 Å². The fourth-order valence-electron chi connectivity index (χ4n) is 3.21. The zero-order valence-corrected chi connectivity index (χ0v) is 15.7. The standard InChI is InChI=1S/C18H22N4O2S/c1-5-24-14-8-6-7-13-12(2)9-18(3,4)22(16(13)14)15(23)10-25-17-19-11-20-21-17/h6-9,11H,5,10H2,1-4H3,(H,19,20,21). The molecule has 0 fully saturated rings. The number of aromatic nitrogens is 3. The third-order valence-corrected chi connectivity index (χ3v) is 4.93. The molecule has 0 aliphatic carbocycles. The number of fused-ring (bicyclic) bond motifs is 1. The maximum atomic E-state index is 13.1. The molecule has 1 aliphatic rings. The highest BCUT2D eigenvalue weighted by molar-refractivity contribution is 7.99. The number of hydrogen-bond donors (Lipinski definition) is 1. The summed E-state index contributed by atoms with van der Waals surface area (Å²) in [5.41, 5.74) is 2.58. The second-order valence-corrected chi connectivity index (χ2v) is 7.34. The van der Waals surface area contributed by atoms with Crippen LogP contribution in [-0.2, 0) is 4.79 Å². The minimum absolute atomic E-state index is 0.00329. The summed E-state index contributed by atoms with van der Waals surface area (Å²) in [5, 5.41) is 7.22. The summed E-state index contributed by atoms with van der Waals surface area (Å²) in [6.45, 7) is 8.65. The molecule has 2 aromatic rings. The van der Waals surface area contributed by atoms with E-state index in [9.17, 15) is 4.79 Å². The van der Waals surface area contributed by atoms with Gasteiger partial charge in [0.05, 0.1) is 23.6 Å². The number of nitrogens with one attached hydrogen (secondary N) is 1. The van der Waals surface area contributed by atoms with Crippen molar-refractivity contribution in [3.05, 3.63) is 36.2 Å². The molecule has 3 rings (SSSR count). The molecule has 1 aromatic heterocycles. The number of H-pyrrole nitrogens is 1. The highest BCUT2D eigenvalue weighted by Gasteiger charge is 2.37. The van der Waals surface area contributed by atoms with Crippen LogP contribution in [0.25, 0.3) is 5.57 Å². The van der Waals surface area contributed by atoms with Crippen LogP contribution in [0.15, 0.2) is 35.8 Å². The largest absolute Gasteiger partial charge is 0.492 e. The Morgan fingerprint density at radius 3 is 2.88 bits per heavy atom. The van der Waals surface area contributed by atoms with Gasteiger partial charge in [-0.05, 0) is 39.3 Å². The van der Waals surface area contributed by atoms with E-state index in [2.05, 4.69) is 28.2 Å². The van der Waals surface area contributed by atoms with Crippen molar-refractivity contribution in [2.24, 2.45) is 0 Å². The van der Waals surface area contributed by atoms with E-state index in [-0.39, 0.29) is 11.7 Å². The van der Waals surface area contributed by atoms with E-state index in [0.717, 1.165) is 22.6 Å². The number of hydrogen-bond acceptors (Lipinski definition) is 5. The number of ether oxygens (including phenoxy) is 1. The molecule has 0 spiro atoms. The summed E-state index contributed by atoms with van der Waals surface area (Å²) in [6, 6.07) is 5.91. The van der Waals surface area contributed by atoms with Crippen molar-refractivity contribution >= 4 is 28.9 Å². The van der Waals surface area contributed by atoms with E-state index < -0.39 is 5.54 Å². The summed E-state index contributed by atoms with van der Waals surface area (Å²) in [7, 11) is 0. The van der Waals surface area contributed by atoms with Gasteiger partial charge in [-0.15, -0.1) is 0 Å². The molecular formula is C18H22N4O2S. The van der Waals surface area contributed by atoms with Gasteiger partial charge in [-0.2, -0.15) is 5.10 Å². The Hall–Kier alpha value is -2.28. The number of carbonyl (C=O) groups excluding carboxylic acids is 1.